The van der Waals surface area contributed by atoms with Crippen molar-refractivity contribution in [2.45, 2.75) is 52.0 Å². The number of imidazole rings is 1. The van der Waals surface area contributed by atoms with Gasteiger partial charge >= 0.3 is 0 Å². The summed E-state index contributed by atoms with van der Waals surface area (Å²) >= 11 is 5.34. The van der Waals surface area contributed by atoms with Crippen molar-refractivity contribution in [1.82, 2.24) is 9.55 Å². The molecule has 2 unspecified atom stereocenters. The Balaban J connectivity index is 2.16. The van der Waals surface area contributed by atoms with Gasteiger partial charge in [-0.1, -0.05) is 26.2 Å². The lowest BCUT2D eigenvalue weighted by Crippen LogP contribution is -2.18. The van der Waals surface area contributed by atoms with Crippen LogP contribution in [0.4, 0.5) is 0 Å². The van der Waals surface area contributed by atoms with Crippen LogP contribution in [-0.4, -0.2) is 9.55 Å². The summed E-state index contributed by atoms with van der Waals surface area (Å²) in [5.41, 5.74) is 1.18. The van der Waals surface area contributed by atoms with E-state index in [4.69, 9.17) is 12.2 Å². The zero-order valence-corrected chi connectivity index (χ0v) is 10.4. The number of hydrogen-bond acceptors (Lipinski definition) is 1. The van der Waals surface area contributed by atoms with Crippen molar-refractivity contribution in [1.29, 1.82) is 0 Å². The van der Waals surface area contributed by atoms with Crippen LogP contribution in [-0.2, 0) is 0 Å². The minimum atomic E-state index is 0.640. The molecule has 1 aromatic heterocycles. The number of aromatic nitrogens is 2. The largest absolute Gasteiger partial charge is 0.335 e. The SMILES string of the molecule is CCC1CCCC(n2cc(C)[nH]c2=S)C1. The molecule has 1 fully saturated rings. The maximum atomic E-state index is 5.34. The van der Waals surface area contributed by atoms with Crippen molar-refractivity contribution in [3.63, 3.8) is 0 Å². The van der Waals surface area contributed by atoms with E-state index in [1.807, 2.05) is 0 Å². The molecule has 1 aliphatic carbocycles. The van der Waals surface area contributed by atoms with E-state index in [9.17, 15) is 0 Å². The molecule has 2 nitrogen and oxygen atoms in total. The molecule has 1 aromatic rings. The topological polar surface area (TPSA) is 20.7 Å². The van der Waals surface area contributed by atoms with Gasteiger partial charge in [0.25, 0.3) is 0 Å². The van der Waals surface area contributed by atoms with E-state index in [0.717, 1.165) is 10.7 Å². The fourth-order valence-corrected chi connectivity index (χ4v) is 3.05. The van der Waals surface area contributed by atoms with Crippen LogP contribution in [0.15, 0.2) is 6.20 Å². The fourth-order valence-electron chi connectivity index (χ4n) is 2.69. The molecule has 1 heterocycles. The van der Waals surface area contributed by atoms with E-state index < -0.39 is 0 Å². The molecule has 0 saturated heterocycles. The van der Waals surface area contributed by atoms with Gasteiger partial charge in [-0.2, -0.15) is 0 Å². The molecule has 15 heavy (non-hydrogen) atoms. The normalized spacial score (nSPS) is 26.8. The van der Waals surface area contributed by atoms with Crippen molar-refractivity contribution in [2.75, 3.05) is 0 Å². The van der Waals surface area contributed by atoms with Crippen LogP contribution < -0.4 is 0 Å². The highest BCUT2D eigenvalue weighted by Crippen LogP contribution is 2.34. The van der Waals surface area contributed by atoms with Crippen molar-refractivity contribution in [3.8, 4) is 0 Å². The van der Waals surface area contributed by atoms with E-state index in [0.29, 0.717) is 6.04 Å². The number of nitrogens with zero attached hydrogens (tertiary/aromatic N) is 1. The number of aryl methyl sites for hydroxylation is 1. The van der Waals surface area contributed by atoms with Crippen molar-refractivity contribution in [3.05, 3.63) is 16.7 Å². The average molecular weight is 224 g/mol. The zero-order valence-electron chi connectivity index (χ0n) is 9.62. The van der Waals surface area contributed by atoms with Gasteiger partial charge in [-0.15, -0.1) is 0 Å². The molecule has 0 spiro atoms. The molecule has 0 aromatic carbocycles. The Morgan fingerprint density at radius 1 is 1.53 bits per heavy atom. The summed E-state index contributed by atoms with van der Waals surface area (Å²) in [4.78, 5) is 3.22. The van der Waals surface area contributed by atoms with Gasteiger partial charge in [0.2, 0.25) is 0 Å². The second-order valence-electron chi connectivity index (χ2n) is 4.74. The van der Waals surface area contributed by atoms with E-state index >= 15 is 0 Å². The molecule has 1 aliphatic rings. The lowest BCUT2D eigenvalue weighted by molar-refractivity contribution is 0.260. The van der Waals surface area contributed by atoms with E-state index in [2.05, 4.69) is 29.6 Å². The molecule has 1 N–H and O–H groups in total. The maximum Gasteiger partial charge on any atom is 0.177 e. The van der Waals surface area contributed by atoms with Gasteiger partial charge in [0.1, 0.15) is 0 Å². The number of rotatable bonds is 2. The molecular formula is C12H20N2S. The minimum Gasteiger partial charge on any atom is -0.335 e. The van der Waals surface area contributed by atoms with Crippen LogP contribution in [0.3, 0.4) is 0 Å². The summed E-state index contributed by atoms with van der Waals surface area (Å²) in [5, 5.41) is 0. The van der Waals surface area contributed by atoms with Gasteiger partial charge in [-0.3, -0.25) is 0 Å². The second kappa shape index (κ2) is 4.52. The van der Waals surface area contributed by atoms with Crippen molar-refractivity contribution >= 4 is 12.2 Å². The summed E-state index contributed by atoms with van der Waals surface area (Å²) in [5.74, 6) is 0.904. The van der Waals surface area contributed by atoms with Crippen molar-refractivity contribution in [2.24, 2.45) is 5.92 Å². The molecule has 1 saturated carbocycles. The highest BCUT2D eigenvalue weighted by molar-refractivity contribution is 7.71. The van der Waals surface area contributed by atoms with Crippen molar-refractivity contribution < 1.29 is 0 Å². The lowest BCUT2D eigenvalue weighted by atomic mass is 9.84. The Bertz CT molecular complexity index is 377. The van der Waals surface area contributed by atoms with Crippen LogP contribution in [0, 0.1) is 17.6 Å². The Labute approximate surface area is 96.7 Å². The van der Waals surface area contributed by atoms with Crippen LogP contribution in [0.1, 0.15) is 50.8 Å². The van der Waals surface area contributed by atoms with Crippen LogP contribution in [0.25, 0.3) is 0 Å². The molecule has 0 radical (unpaired) electrons. The predicted octanol–water partition coefficient (Wildman–Crippen LogP) is 4.00. The first kappa shape index (κ1) is 10.9. The highest BCUT2D eigenvalue weighted by Gasteiger charge is 2.22. The van der Waals surface area contributed by atoms with E-state index in [-0.39, 0.29) is 0 Å². The van der Waals surface area contributed by atoms with Gasteiger partial charge in [-0.05, 0) is 37.9 Å². The Kier molecular flexibility index (Phi) is 3.29. The summed E-state index contributed by atoms with van der Waals surface area (Å²) in [6.07, 6.45) is 8.85. The average Bonchev–Trinajstić information content (AvgIpc) is 2.58. The number of H-pyrrole nitrogens is 1. The molecule has 3 heteroatoms. The standard InChI is InChI=1S/C12H20N2S/c1-3-10-5-4-6-11(7-10)14-8-9(2)13-12(14)15/h8,10-11H,3-7H2,1-2H3,(H,13,15). The number of hydrogen-bond donors (Lipinski definition) is 1. The number of aromatic amines is 1. The van der Waals surface area contributed by atoms with Gasteiger partial charge < -0.3 is 9.55 Å². The lowest BCUT2D eigenvalue weighted by Gasteiger charge is -2.29. The van der Waals surface area contributed by atoms with Gasteiger partial charge in [-0.25, -0.2) is 0 Å². The first-order valence-corrected chi connectivity index (χ1v) is 6.39. The summed E-state index contributed by atoms with van der Waals surface area (Å²) in [6.45, 7) is 4.38. The number of nitrogens with one attached hydrogen (secondary N) is 1. The molecule has 84 valence electrons. The predicted molar refractivity (Wildman–Crippen MR) is 65.6 cm³/mol. The smallest absolute Gasteiger partial charge is 0.177 e. The maximum absolute atomic E-state index is 5.34. The molecule has 2 atom stereocenters. The van der Waals surface area contributed by atoms with E-state index in [1.165, 1.54) is 37.8 Å². The van der Waals surface area contributed by atoms with E-state index in [1.54, 1.807) is 0 Å². The monoisotopic (exact) mass is 224 g/mol. The first-order chi connectivity index (χ1) is 7.20. The Morgan fingerprint density at radius 3 is 2.93 bits per heavy atom. The summed E-state index contributed by atoms with van der Waals surface area (Å²) in [7, 11) is 0. The molecule has 0 aliphatic heterocycles. The van der Waals surface area contributed by atoms with Gasteiger partial charge in [0, 0.05) is 17.9 Å². The molecule has 0 amide bonds. The van der Waals surface area contributed by atoms with Crippen LogP contribution in [0.2, 0.25) is 0 Å². The fraction of sp³-hybridized carbons (Fsp3) is 0.750. The third-order valence-electron chi connectivity index (χ3n) is 3.60. The second-order valence-corrected chi connectivity index (χ2v) is 5.13. The Hall–Kier alpha value is -0.570. The third-order valence-corrected chi connectivity index (χ3v) is 3.91. The summed E-state index contributed by atoms with van der Waals surface area (Å²) < 4.78 is 3.17. The van der Waals surface area contributed by atoms with Gasteiger partial charge in [0.15, 0.2) is 4.77 Å². The summed E-state index contributed by atoms with van der Waals surface area (Å²) in [6, 6.07) is 0.640. The van der Waals surface area contributed by atoms with Crippen LogP contribution in [0.5, 0.6) is 0 Å². The molecule has 2 rings (SSSR count). The molecular weight excluding hydrogens is 204 g/mol. The first-order valence-electron chi connectivity index (χ1n) is 5.98. The highest BCUT2D eigenvalue weighted by atomic mass is 32.1. The molecule has 0 bridgehead atoms. The van der Waals surface area contributed by atoms with Gasteiger partial charge in [0.05, 0.1) is 0 Å². The van der Waals surface area contributed by atoms with Crippen LogP contribution >= 0.6 is 12.2 Å². The third kappa shape index (κ3) is 2.33. The minimum absolute atomic E-state index is 0.640. The zero-order chi connectivity index (χ0) is 10.8. The quantitative estimate of drug-likeness (QED) is 0.753. The Morgan fingerprint density at radius 2 is 2.33 bits per heavy atom.